The standard InChI is InChI=1S/C13H7FN4O2/c14-6-1-2-7-8(5-6)10(17-20)11-9(7)16-13(19)12-15-3-4-18(11)12/h1-5,15,19H. The van der Waals surface area contributed by atoms with Gasteiger partial charge in [0.05, 0.1) is 0 Å². The summed E-state index contributed by atoms with van der Waals surface area (Å²) in [6.45, 7) is 0. The summed E-state index contributed by atoms with van der Waals surface area (Å²) in [5.41, 5.74) is 1.30. The van der Waals surface area contributed by atoms with Crippen molar-refractivity contribution in [2.24, 2.45) is 5.18 Å². The van der Waals surface area contributed by atoms with Gasteiger partial charge < -0.3 is 10.1 Å². The lowest BCUT2D eigenvalue weighted by atomic mass is 10.2. The first kappa shape index (κ1) is 10.9. The second-order valence-electron chi connectivity index (χ2n) is 4.44. The third kappa shape index (κ3) is 1.18. The van der Waals surface area contributed by atoms with Crippen molar-refractivity contribution < 1.29 is 9.50 Å². The number of hydrogen-bond acceptors (Lipinski definition) is 4. The van der Waals surface area contributed by atoms with Crippen molar-refractivity contribution in [1.29, 1.82) is 0 Å². The molecule has 1 aromatic heterocycles. The number of H-pyrrole nitrogens is 1. The van der Waals surface area contributed by atoms with E-state index in [1.165, 1.54) is 18.2 Å². The van der Waals surface area contributed by atoms with Gasteiger partial charge in [-0.15, -0.1) is 4.91 Å². The number of aromatic amines is 1. The van der Waals surface area contributed by atoms with Crippen LogP contribution < -0.4 is 0 Å². The van der Waals surface area contributed by atoms with Crippen LogP contribution in [-0.4, -0.2) is 19.5 Å². The van der Waals surface area contributed by atoms with Gasteiger partial charge in [-0.25, -0.2) is 9.37 Å². The van der Waals surface area contributed by atoms with E-state index in [9.17, 15) is 14.4 Å². The lowest BCUT2D eigenvalue weighted by Gasteiger charge is -2.05. The van der Waals surface area contributed by atoms with Crippen LogP contribution in [0.15, 0.2) is 35.8 Å². The van der Waals surface area contributed by atoms with Crippen LogP contribution in [0.1, 0.15) is 0 Å². The van der Waals surface area contributed by atoms with E-state index in [1.54, 1.807) is 16.8 Å². The van der Waals surface area contributed by atoms with Crippen molar-refractivity contribution in [3.05, 3.63) is 41.3 Å². The summed E-state index contributed by atoms with van der Waals surface area (Å²) in [5.74, 6) is -0.659. The van der Waals surface area contributed by atoms with E-state index in [2.05, 4.69) is 15.1 Å². The number of rotatable bonds is 1. The molecule has 6 nitrogen and oxygen atoms in total. The predicted octanol–water partition coefficient (Wildman–Crippen LogP) is 3.16. The summed E-state index contributed by atoms with van der Waals surface area (Å²) in [6, 6.07) is 4.04. The minimum atomic E-state index is -0.461. The van der Waals surface area contributed by atoms with Gasteiger partial charge in [0.2, 0.25) is 0 Å². The van der Waals surface area contributed by atoms with Crippen LogP contribution in [-0.2, 0) is 0 Å². The van der Waals surface area contributed by atoms with Crippen molar-refractivity contribution >= 4 is 22.1 Å². The highest BCUT2D eigenvalue weighted by atomic mass is 19.1. The van der Waals surface area contributed by atoms with Crippen LogP contribution in [0.4, 0.5) is 10.1 Å². The fourth-order valence-corrected chi connectivity index (χ4v) is 2.57. The molecule has 2 aliphatic rings. The number of halogens is 1. The Morgan fingerprint density at radius 3 is 3.00 bits per heavy atom. The van der Waals surface area contributed by atoms with Crippen LogP contribution in [0.2, 0.25) is 0 Å². The zero-order valence-electron chi connectivity index (χ0n) is 9.96. The first-order chi connectivity index (χ1) is 9.70. The van der Waals surface area contributed by atoms with Crippen molar-refractivity contribution in [3.8, 4) is 17.3 Å². The van der Waals surface area contributed by atoms with Gasteiger partial charge in [-0.2, -0.15) is 0 Å². The molecular weight excluding hydrogens is 263 g/mol. The molecule has 2 N–H and O–H groups in total. The Morgan fingerprint density at radius 2 is 2.20 bits per heavy atom. The number of aromatic hydroxyl groups is 1. The molecule has 0 saturated carbocycles. The third-order valence-electron chi connectivity index (χ3n) is 3.39. The molecule has 0 amide bonds. The SMILES string of the molecule is O=Nc1c2n3cc[nH]c3c(O)nc-2c2ccc(F)cc12. The third-order valence-corrected chi connectivity index (χ3v) is 3.39. The number of imidazole rings is 1. The molecule has 0 saturated heterocycles. The maximum absolute atomic E-state index is 13.4. The molecule has 2 heterocycles. The van der Waals surface area contributed by atoms with Gasteiger partial charge in [0.25, 0.3) is 5.88 Å². The Labute approximate surface area is 110 Å². The minimum Gasteiger partial charge on any atom is -0.491 e. The van der Waals surface area contributed by atoms with Gasteiger partial charge >= 0.3 is 0 Å². The topological polar surface area (TPSA) is 82.8 Å². The van der Waals surface area contributed by atoms with Gasteiger partial charge in [-0.3, -0.25) is 4.40 Å². The Hall–Kier alpha value is -2.96. The Morgan fingerprint density at radius 1 is 1.35 bits per heavy atom. The lowest BCUT2D eigenvalue weighted by Crippen LogP contribution is -1.94. The molecule has 1 aromatic carbocycles. The molecule has 0 spiro atoms. The lowest BCUT2D eigenvalue weighted by molar-refractivity contribution is 0.456. The number of nitroso groups, excluding NO2 is 1. The molecular formula is C13H7FN4O2. The average Bonchev–Trinajstić information content (AvgIpc) is 3.01. The molecule has 7 heteroatoms. The predicted molar refractivity (Wildman–Crippen MR) is 70.7 cm³/mol. The molecule has 2 aromatic rings. The summed E-state index contributed by atoms with van der Waals surface area (Å²) < 4.78 is 15.0. The fourth-order valence-electron chi connectivity index (χ4n) is 2.57. The van der Waals surface area contributed by atoms with Crippen LogP contribution in [0.3, 0.4) is 0 Å². The molecule has 1 aliphatic carbocycles. The zero-order chi connectivity index (χ0) is 13.9. The van der Waals surface area contributed by atoms with E-state index in [4.69, 9.17) is 0 Å². The summed E-state index contributed by atoms with van der Waals surface area (Å²) in [6.07, 6.45) is 3.24. The van der Waals surface area contributed by atoms with Crippen LogP contribution >= 0.6 is 0 Å². The molecule has 1 aliphatic heterocycles. The van der Waals surface area contributed by atoms with E-state index < -0.39 is 5.82 Å². The summed E-state index contributed by atoms with van der Waals surface area (Å²) in [4.78, 5) is 18.1. The van der Waals surface area contributed by atoms with Crippen molar-refractivity contribution in [1.82, 2.24) is 14.4 Å². The highest BCUT2D eigenvalue weighted by Crippen LogP contribution is 2.44. The van der Waals surface area contributed by atoms with E-state index in [0.717, 1.165) is 0 Å². The molecule has 0 radical (unpaired) electrons. The van der Waals surface area contributed by atoms with Crippen molar-refractivity contribution in [2.45, 2.75) is 0 Å². The molecule has 0 bridgehead atoms. The fraction of sp³-hybridized carbons (Fsp3) is 0. The Bertz CT molecular complexity index is 956. The monoisotopic (exact) mass is 270 g/mol. The van der Waals surface area contributed by atoms with Crippen LogP contribution in [0.25, 0.3) is 27.8 Å². The maximum atomic E-state index is 13.4. The van der Waals surface area contributed by atoms with Gasteiger partial charge in [0, 0.05) is 23.2 Å². The molecule has 98 valence electrons. The molecule has 0 unspecified atom stereocenters. The molecule has 0 fully saturated rings. The minimum absolute atomic E-state index is 0.108. The number of hydrogen-bond donors (Lipinski definition) is 2. The van der Waals surface area contributed by atoms with Crippen LogP contribution in [0, 0.1) is 10.7 Å². The molecule has 20 heavy (non-hydrogen) atoms. The number of fused-ring (bicyclic) bond motifs is 5. The zero-order valence-corrected chi connectivity index (χ0v) is 9.96. The first-order valence-electron chi connectivity index (χ1n) is 5.83. The summed E-state index contributed by atoms with van der Waals surface area (Å²) >= 11 is 0. The number of aromatic nitrogens is 3. The van der Waals surface area contributed by atoms with E-state index >= 15 is 0 Å². The van der Waals surface area contributed by atoms with Crippen molar-refractivity contribution in [3.63, 3.8) is 0 Å². The second-order valence-corrected chi connectivity index (χ2v) is 4.44. The van der Waals surface area contributed by atoms with E-state index in [0.29, 0.717) is 27.8 Å². The number of nitrogens with zero attached hydrogens (tertiary/aromatic N) is 3. The smallest absolute Gasteiger partial charge is 0.254 e. The largest absolute Gasteiger partial charge is 0.491 e. The quantitative estimate of drug-likeness (QED) is 0.521. The Kier molecular flexibility index (Phi) is 1.93. The number of benzene rings is 1. The highest BCUT2D eigenvalue weighted by Gasteiger charge is 2.25. The van der Waals surface area contributed by atoms with Gasteiger partial charge in [-0.05, 0) is 23.4 Å². The van der Waals surface area contributed by atoms with Crippen LogP contribution in [0.5, 0.6) is 5.88 Å². The van der Waals surface area contributed by atoms with Gasteiger partial charge in [0.15, 0.2) is 5.65 Å². The number of nitrogens with one attached hydrogen (secondary N) is 1. The summed E-state index contributed by atoms with van der Waals surface area (Å²) in [5, 5.41) is 13.9. The maximum Gasteiger partial charge on any atom is 0.254 e. The van der Waals surface area contributed by atoms with E-state index in [-0.39, 0.29) is 11.6 Å². The average molecular weight is 270 g/mol. The van der Waals surface area contributed by atoms with E-state index in [1.807, 2.05) is 0 Å². The molecule has 4 rings (SSSR count). The van der Waals surface area contributed by atoms with Gasteiger partial charge in [0.1, 0.15) is 22.9 Å². The first-order valence-corrected chi connectivity index (χ1v) is 5.83. The Balaban J connectivity index is 2.35. The normalized spacial score (nSPS) is 11.7. The van der Waals surface area contributed by atoms with Gasteiger partial charge in [-0.1, -0.05) is 0 Å². The van der Waals surface area contributed by atoms with Crippen molar-refractivity contribution in [2.75, 3.05) is 0 Å². The highest BCUT2D eigenvalue weighted by molar-refractivity contribution is 6.10. The summed E-state index contributed by atoms with van der Waals surface area (Å²) in [7, 11) is 0. The molecule has 0 atom stereocenters. The second kappa shape index (κ2) is 3.53.